The van der Waals surface area contributed by atoms with Crippen molar-refractivity contribution in [2.45, 2.75) is 19.8 Å². The lowest BCUT2D eigenvalue weighted by Gasteiger charge is -2.12. The molecule has 1 heterocycles. The zero-order valence-electron chi connectivity index (χ0n) is 15.9. The van der Waals surface area contributed by atoms with E-state index in [-0.39, 0.29) is 23.5 Å². The number of esters is 1. The van der Waals surface area contributed by atoms with Gasteiger partial charge in [0.25, 0.3) is 0 Å². The lowest BCUT2D eigenvalue weighted by molar-refractivity contribution is -0.146. The van der Waals surface area contributed by atoms with Crippen molar-refractivity contribution in [3.8, 4) is 22.8 Å². The Bertz CT molecular complexity index is 1000. The summed E-state index contributed by atoms with van der Waals surface area (Å²) < 4.78 is 21.8. The number of unbranched alkanes of at least 4 members (excludes halogenated alkanes) is 1. The molecule has 0 N–H and O–H groups in total. The van der Waals surface area contributed by atoms with Gasteiger partial charge in [0.2, 0.25) is 11.2 Å². The van der Waals surface area contributed by atoms with Crippen molar-refractivity contribution in [1.82, 2.24) is 0 Å². The molecule has 0 saturated heterocycles. The Morgan fingerprint density at radius 1 is 1.07 bits per heavy atom. The Morgan fingerprint density at radius 3 is 2.54 bits per heavy atom. The van der Waals surface area contributed by atoms with Crippen LogP contribution in [0.2, 0.25) is 0 Å². The number of ether oxygens (including phenoxy) is 3. The van der Waals surface area contributed by atoms with Crippen molar-refractivity contribution >= 4 is 16.9 Å². The van der Waals surface area contributed by atoms with E-state index in [4.69, 9.17) is 18.6 Å². The van der Waals surface area contributed by atoms with Crippen LogP contribution >= 0.6 is 0 Å². The highest BCUT2D eigenvalue weighted by Gasteiger charge is 2.19. The van der Waals surface area contributed by atoms with Crippen LogP contribution < -0.4 is 14.9 Å². The Kier molecular flexibility index (Phi) is 6.32. The van der Waals surface area contributed by atoms with E-state index in [1.54, 1.807) is 55.6 Å². The first-order valence-corrected chi connectivity index (χ1v) is 9.12. The highest BCUT2D eigenvalue weighted by molar-refractivity contribution is 5.82. The molecule has 28 heavy (non-hydrogen) atoms. The van der Waals surface area contributed by atoms with Gasteiger partial charge in [0.1, 0.15) is 11.3 Å². The summed E-state index contributed by atoms with van der Waals surface area (Å²) in [5.74, 6) is 0.388. The first-order chi connectivity index (χ1) is 13.6. The van der Waals surface area contributed by atoms with Gasteiger partial charge in [0.05, 0.1) is 19.1 Å². The highest BCUT2D eigenvalue weighted by atomic mass is 16.6. The Labute approximate surface area is 162 Å². The normalized spacial score (nSPS) is 10.6. The number of hydrogen-bond donors (Lipinski definition) is 0. The predicted molar refractivity (Wildman–Crippen MR) is 106 cm³/mol. The molecule has 0 amide bonds. The zero-order valence-corrected chi connectivity index (χ0v) is 15.9. The molecular formula is C22H22O6. The van der Waals surface area contributed by atoms with Crippen molar-refractivity contribution in [3.05, 3.63) is 58.8 Å². The SMILES string of the molecule is CCCCOC(=O)COc1c(-c2ccc(OC)cc2)oc2ccccc2c1=O. The lowest BCUT2D eigenvalue weighted by atomic mass is 10.1. The number of carbonyl (C=O) groups excluding carboxylic acids is 1. The van der Waals surface area contributed by atoms with E-state index in [0.29, 0.717) is 28.9 Å². The highest BCUT2D eigenvalue weighted by Crippen LogP contribution is 2.31. The summed E-state index contributed by atoms with van der Waals surface area (Å²) in [5.41, 5.74) is 0.739. The van der Waals surface area contributed by atoms with Crippen molar-refractivity contribution in [2.24, 2.45) is 0 Å². The van der Waals surface area contributed by atoms with Crippen molar-refractivity contribution in [2.75, 3.05) is 20.3 Å². The molecule has 0 fully saturated rings. The van der Waals surface area contributed by atoms with Gasteiger partial charge in [-0.3, -0.25) is 4.79 Å². The van der Waals surface area contributed by atoms with E-state index in [9.17, 15) is 9.59 Å². The molecule has 0 radical (unpaired) electrons. The molecule has 2 aromatic carbocycles. The van der Waals surface area contributed by atoms with Crippen LogP contribution in [0.4, 0.5) is 0 Å². The third-order valence-electron chi connectivity index (χ3n) is 4.20. The van der Waals surface area contributed by atoms with E-state index in [1.165, 1.54) is 0 Å². The quantitative estimate of drug-likeness (QED) is 0.430. The monoisotopic (exact) mass is 382 g/mol. The second-order valence-electron chi connectivity index (χ2n) is 6.18. The van der Waals surface area contributed by atoms with Crippen LogP contribution in [0, 0.1) is 0 Å². The maximum atomic E-state index is 13.0. The number of fused-ring (bicyclic) bond motifs is 1. The molecule has 0 aliphatic carbocycles. The maximum absolute atomic E-state index is 13.0. The fourth-order valence-corrected chi connectivity index (χ4v) is 2.69. The minimum Gasteiger partial charge on any atom is -0.497 e. The maximum Gasteiger partial charge on any atom is 0.344 e. The molecule has 0 spiro atoms. The summed E-state index contributed by atoms with van der Waals surface area (Å²) in [5, 5.41) is 0.383. The first-order valence-electron chi connectivity index (χ1n) is 9.12. The van der Waals surface area contributed by atoms with E-state index < -0.39 is 5.97 Å². The summed E-state index contributed by atoms with van der Waals surface area (Å²) in [6, 6.07) is 13.9. The van der Waals surface area contributed by atoms with Crippen molar-refractivity contribution in [1.29, 1.82) is 0 Å². The van der Waals surface area contributed by atoms with Crippen LogP contribution in [0.25, 0.3) is 22.3 Å². The minimum absolute atomic E-state index is 0.0173. The van der Waals surface area contributed by atoms with Crippen LogP contribution in [0.5, 0.6) is 11.5 Å². The smallest absolute Gasteiger partial charge is 0.344 e. The summed E-state index contributed by atoms with van der Waals surface area (Å²) in [4.78, 5) is 24.9. The van der Waals surface area contributed by atoms with Gasteiger partial charge in [0.15, 0.2) is 12.4 Å². The average molecular weight is 382 g/mol. The van der Waals surface area contributed by atoms with Crippen LogP contribution in [-0.2, 0) is 9.53 Å². The lowest BCUT2D eigenvalue weighted by Crippen LogP contribution is -2.19. The van der Waals surface area contributed by atoms with Crippen LogP contribution in [0.15, 0.2) is 57.7 Å². The number of rotatable bonds is 8. The topological polar surface area (TPSA) is 75.0 Å². The first kappa shape index (κ1) is 19.5. The molecule has 0 aliphatic rings. The van der Waals surface area contributed by atoms with Gasteiger partial charge in [-0.1, -0.05) is 25.5 Å². The molecule has 146 valence electrons. The number of hydrogen-bond acceptors (Lipinski definition) is 6. The molecule has 1 aromatic heterocycles. The number of methoxy groups -OCH3 is 1. The third-order valence-corrected chi connectivity index (χ3v) is 4.20. The number of carbonyl (C=O) groups is 1. The van der Waals surface area contributed by atoms with Crippen LogP contribution in [0.3, 0.4) is 0 Å². The Morgan fingerprint density at radius 2 is 1.82 bits per heavy atom. The van der Waals surface area contributed by atoms with Gasteiger partial charge in [0, 0.05) is 5.56 Å². The summed E-state index contributed by atoms with van der Waals surface area (Å²) in [7, 11) is 1.57. The third kappa shape index (κ3) is 4.34. The molecular weight excluding hydrogens is 360 g/mol. The van der Waals surface area contributed by atoms with Gasteiger partial charge in [-0.2, -0.15) is 0 Å². The molecule has 0 aliphatic heterocycles. The van der Waals surface area contributed by atoms with Crippen molar-refractivity contribution < 1.29 is 23.4 Å². The van der Waals surface area contributed by atoms with E-state index in [0.717, 1.165) is 12.8 Å². The Balaban J connectivity index is 1.97. The van der Waals surface area contributed by atoms with Gasteiger partial charge in [-0.05, 0) is 42.8 Å². The minimum atomic E-state index is -0.526. The summed E-state index contributed by atoms with van der Waals surface area (Å²) in [6.45, 7) is 1.97. The van der Waals surface area contributed by atoms with E-state index >= 15 is 0 Å². The summed E-state index contributed by atoms with van der Waals surface area (Å²) in [6.07, 6.45) is 1.70. The summed E-state index contributed by atoms with van der Waals surface area (Å²) >= 11 is 0. The van der Waals surface area contributed by atoms with Gasteiger partial charge in [-0.15, -0.1) is 0 Å². The Hall–Kier alpha value is -3.28. The molecule has 6 heteroatoms. The van der Waals surface area contributed by atoms with Gasteiger partial charge in [-0.25, -0.2) is 4.79 Å². The number of benzene rings is 2. The standard InChI is InChI=1S/C22H22O6/c1-3-4-13-26-19(23)14-27-22-20(24)17-7-5-6-8-18(17)28-21(22)15-9-11-16(25-2)12-10-15/h5-12H,3-4,13-14H2,1-2H3. The van der Waals surface area contributed by atoms with Crippen LogP contribution in [0.1, 0.15) is 19.8 Å². The van der Waals surface area contributed by atoms with E-state index in [1.807, 2.05) is 6.92 Å². The molecule has 0 bridgehead atoms. The van der Waals surface area contributed by atoms with Gasteiger partial charge < -0.3 is 18.6 Å². The fraction of sp³-hybridized carbons (Fsp3) is 0.273. The zero-order chi connectivity index (χ0) is 19.9. The second kappa shape index (κ2) is 9.08. The molecule has 0 atom stereocenters. The molecule has 3 rings (SSSR count). The fourth-order valence-electron chi connectivity index (χ4n) is 2.69. The largest absolute Gasteiger partial charge is 0.497 e. The van der Waals surface area contributed by atoms with Crippen LogP contribution in [-0.4, -0.2) is 26.3 Å². The average Bonchev–Trinajstić information content (AvgIpc) is 2.73. The predicted octanol–water partition coefficient (Wildman–Crippen LogP) is 4.19. The second-order valence-corrected chi connectivity index (χ2v) is 6.18. The van der Waals surface area contributed by atoms with Gasteiger partial charge >= 0.3 is 5.97 Å². The molecule has 0 saturated carbocycles. The van der Waals surface area contributed by atoms with E-state index in [2.05, 4.69) is 0 Å². The number of para-hydroxylation sites is 1. The molecule has 3 aromatic rings. The van der Waals surface area contributed by atoms with Crippen molar-refractivity contribution in [3.63, 3.8) is 0 Å². The molecule has 6 nitrogen and oxygen atoms in total. The molecule has 0 unspecified atom stereocenters.